The van der Waals surface area contributed by atoms with Crippen LogP contribution in [-0.2, 0) is 0 Å². The van der Waals surface area contributed by atoms with E-state index in [1.807, 2.05) is 36.4 Å². The molecule has 102 valence electrons. The van der Waals surface area contributed by atoms with Gasteiger partial charge in [-0.15, -0.1) is 0 Å². The van der Waals surface area contributed by atoms with Gasteiger partial charge in [0.2, 0.25) is 0 Å². The van der Waals surface area contributed by atoms with Crippen molar-refractivity contribution in [2.75, 3.05) is 6.61 Å². The molecule has 0 saturated heterocycles. The van der Waals surface area contributed by atoms with E-state index in [0.717, 1.165) is 0 Å². The number of rotatable bonds is 5. The van der Waals surface area contributed by atoms with E-state index < -0.39 is 0 Å². The second kappa shape index (κ2) is 7.46. The third-order valence-corrected chi connectivity index (χ3v) is 3.20. The van der Waals surface area contributed by atoms with E-state index in [9.17, 15) is 0 Å². The first-order chi connectivity index (χ1) is 9.81. The maximum Gasteiger partial charge on any atom is 0.0465 e. The van der Waals surface area contributed by atoms with Gasteiger partial charge < -0.3 is 5.11 Å². The molecule has 0 aliphatic heterocycles. The molecule has 0 aliphatic rings. The molecule has 0 heterocycles. The highest BCUT2D eigenvalue weighted by molar-refractivity contribution is 5.90. The average Bonchev–Trinajstić information content (AvgIpc) is 2.52. The number of hydrogen-bond acceptors (Lipinski definition) is 1. The van der Waals surface area contributed by atoms with Gasteiger partial charge in [-0.2, -0.15) is 0 Å². The van der Waals surface area contributed by atoms with Crippen LogP contribution < -0.4 is 0 Å². The van der Waals surface area contributed by atoms with E-state index in [1.54, 1.807) is 0 Å². The number of benzene rings is 2. The summed E-state index contributed by atoms with van der Waals surface area (Å²) in [7, 11) is 0. The third kappa shape index (κ3) is 3.94. The summed E-state index contributed by atoms with van der Waals surface area (Å²) in [5.41, 5.74) is 4.77. The van der Waals surface area contributed by atoms with Crippen LogP contribution in [0.2, 0.25) is 0 Å². The maximum absolute atomic E-state index is 8.99. The van der Waals surface area contributed by atoms with Crippen molar-refractivity contribution in [2.45, 2.75) is 13.3 Å². The molecule has 20 heavy (non-hydrogen) atoms. The van der Waals surface area contributed by atoms with Gasteiger partial charge in [0.15, 0.2) is 0 Å². The summed E-state index contributed by atoms with van der Waals surface area (Å²) >= 11 is 0. The van der Waals surface area contributed by atoms with Crippen molar-refractivity contribution in [1.82, 2.24) is 0 Å². The Morgan fingerprint density at radius 1 is 0.950 bits per heavy atom. The zero-order valence-electron chi connectivity index (χ0n) is 11.8. The number of aliphatic hydroxyl groups excluding tert-OH is 1. The van der Waals surface area contributed by atoms with Gasteiger partial charge in [0, 0.05) is 6.61 Å². The van der Waals surface area contributed by atoms with Crippen LogP contribution in [0.25, 0.3) is 11.6 Å². The summed E-state index contributed by atoms with van der Waals surface area (Å²) < 4.78 is 0. The van der Waals surface area contributed by atoms with E-state index >= 15 is 0 Å². The molecule has 0 unspecified atom stereocenters. The van der Waals surface area contributed by atoms with Gasteiger partial charge in [0.05, 0.1) is 0 Å². The zero-order chi connectivity index (χ0) is 14.2. The molecule has 1 heteroatoms. The largest absolute Gasteiger partial charge is 0.396 e. The minimum absolute atomic E-state index is 0.185. The predicted octanol–water partition coefficient (Wildman–Crippen LogP) is 4.56. The van der Waals surface area contributed by atoms with Crippen LogP contribution in [0.1, 0.15) is 24.5 Å². The highest BCUT2D eigenvalue weighted by Gasteiger charge is 2.03. The van der Waals surface area contributed by atoms with Crippen LogP contribution in [0.5, 0.6) is 0 Å². The molecule has 0 fully saturated rings. The summed E-state index contributed by atoms with van der Waals surface area (Å²) in [5, 5.41) is 8.99. The first kappa shape index (κ1) is 14.3. The molecular formula is C19H20O. The van der Waals surface area contributed by atoms with Gasteiger partial charge in [0.1, 0.15) is 0 Å². The second-order valence-corrected chi connectivity index (χ2v) is 4.73. The molecule has 1 nitrogen and oxygen atoms in total. The Kier molecular flexibility index (Phi) is 5.33. The van der Waals surface area contributed by atoms with Crippen molar-refractivity contribution in [3.63, 3.8) is 0 Å². The van der Waals surface area contributed by atoms with Gasteiger partial charge in [-0.3, -0.25) is 0 Å². The second-order valence-electron chi connectivity index (χ2n) is 4.73. The first-order valence-electron chi connectivity index (χ1n) is 6.91. The van der Waals surface area contributed by atoms with Crippen LogP contribution in [0, 0.1) is 0 Å². The molecule has 2 rings (SSSR count). The van der Waals surface area contributed by atoms with E-state index in [0.29, 0.717) is 6.42 Å². The van der Waals surface area contributed by atoms with Crippen molar-refractivity contribution in [3.8, 4) is 0 Å². The minimum atomic E-state index is 0.185. The Hall–Kier alpha value is -2.12. The number of allylic oxidation sites excluding steroid dienone is 2. The van der Waals surface area contributed by atoms with Crippen molar-refractivity contribution in [2.24, 2.45) is 0 Å². The minimum Gasteiger partial charge on any atom is -0.396 e. The fourth-order valence-electron chi connectivity index (χ4n) is 2.15. The quantitative estimate of drug-likeness (QED) is 0.620. The zero-order valence-corrected chi connectivity index (χ0v) is 11.8. The van der Waals surface area contributed by atoms with Crippen LogP contribution in [0.3, 0.4) is 0 Å². The van der Waals surface area contributed by atoms with E-state index in [4.69, 9.17) is 5.11 Å². The van der Waals surface area contributed by atoms with E-state index in [1.165, 1.54) is 22.3 Å². The predicted molar refractivity (Wildman–Crippen MR) is 86.2 cm³/mol. The molecule has 0 spiro atoms. The topological polar surface area (TPSA) is 20.2 Å². The Bertz CT molecular complexity index is 580. The molecule has 0 aromatic heterocycles. The molecule has 0 bridgehead atoms. The normalized spacial score (nSPS) is 12.5. The molecule has 0 atom stereocenters. The Labute approximate surface area is 120 Å². The monoisotopic (exact) mass is 264 g/mol. The highest BCUT2D eigenvalue weighted by atomic mass is 16.2. The molecule has 2 aromatic carbocycles. The van der Waals surface area contributed by atoms with Crippen LogP contribution >= 0.6 is 0 Å². The lowest BCUT2D eigenvalue weighted by Gasteiger charge is -2.09. The number of hydrogen-bond donors (Lipinski definition) is 1. The average molecular weight is 264 g/mol. The lowest BCUT2D eigenvalue weighted by molar-refractivity contribution is 0.302. The molecular weight excluding hydrogens is 244 g/mol. The van der Waals surface area contributed by atoms with Gasteiger partial charge >= 0.3 is 0 Å². The van der Waals surface area contributed by atoms with Crippen LogP contribution in [-0.4, -0.2) is 11.7 Å². The SMILES string of the molecule is CC(=C\CCO)/C(=C/c1ccccc1)c1ccccc1. The van der Waals surface area contributed by atoms with Crippen molar-refractivity contribution >= 4 is 11.6 Å². The Morgan fingerprint density at radius 2 is 1.55 bits per heavy atom. The molecule has 0 saturated carbocycles. The fraction of sp³-hybridized carbons (Fsp3) is 0.158. The van der Waals surface area contributed by atoms with Gasteiger partial charge in [-0.1, -0.05) is 66.7 Å². The summed E-state index contributed by atoms with van der Waals surface area (Å²) in [6.45, 7) is 2.28. The van der Waals surface area contributed by atoms with Crippen molar-refractivity contribution < 1.29 is 5.11 Å². The molecule has 0 aliphatic carbocycles. The number of aliphatic hydroxyl groups is 1. The van der Waals surface area contributed by atoms with E-state index in [-0.39, 0.29) is 6.61 Å². The Balaban J connectivity index is 2.42. The summed E-state index contributed by atoms with van der Waals surface area (Å²) in [6, 6.07) is 20.7. The summed E-state index contributed by atoms with van der Waals surface area (Å²) in [5.74, 6) is 0. The van der Waals surface area contributed by atoms with Gasteiger partial charge in [-0.05, 0) is 41.7 Å². The molecule has 0 amide bonds. The van der Waals surface area contributed by atoms with Crippen LogP contribution in [0.15, 0.2) is 72.3 Å². The smallest absolute Gasteiger partial charge is 0.0465 e. The third-order valence-electron chi connectivity index (χ3n) is 3.20. The lowest BCUT2D eigenvalue weighted by atomic mass is 9.96. The van der Waals surface area contributed by atoms with Crippen LogP contribution in [0.4, 0.5) is 0 Å². The standard InChI is InChI=1S/C19H20O/c1-16(9-8-14-20)19(18-12-6-3-7-13-18)15-17-10-4-2-5-11-17/h2-7,9-13,15,20H,8,14H2,1H3/b16-9+,19-15-. The molecule has 0 radical (unpaired) electrons. The highest BCUT2D eigenvalue weighted by Crippen LogP contribution is 2.25. The lowest BCUT2D eigenvalue weighted by Crippen LogP contribution is -1.88. The Morgan fingerprint density at radius 3 is 2.15 bits per heavy atom. The summed E-state index contributed by atoms with van der Waals surface area (Å²) in [4.78, 5) is 0. The molecule has 1 N–H and O–H groups in total. The van der Waals surface area contributed by atoms with E-state index in [2.05, 4.69) is 43.3 Å². The summed E-state index contributed by atoms with van der Waals surface area (Å²) in [6.07, 6.45) is 4.96. The fourth-order valence-corrected chi connectivity index (χ4v) is 2.15. The first-order valence-corrected chi connectivity index (χ1v) is 6.91. The van der Waals surface area contributed by atoms with Crippen molar-refractivity contribution in [1.29, 1.82) is 0 Å². The van der Waals surface area contributed by atoms with Gasteiger partial charge in [-0.25, -0.2) is 0 Å². The van der Waals surface area contributed by atoms with Gasteiger partial charge in [0.25, 0.3) is 0 Å². The van der Waals surface area contributed by atoms with Crippen molar-refractivity contribution in [3.05, 3.63) is 83.4 Å². The molecule has 2 aromatic rings. The maximum atomic E-state index is 8.99.